The van der Waals surface area contributed by atoms with Crippen molar-refractivity contribution < 1.29 is 19.5 Å². The molecule has 7 nitrogen and oxygen atoms in total. The van der Waals surface area contributed by atoms with Crippen molar-refractivity contribution in [1.82, 2.24) is 10.2 Å². The monoisotopic (exact) mass is 337 g/mol. The SMILES string of the molecule is CC1(C(=O)O)CN(C(=O)c2ccc(Cl)c(N3CCNC3=O)c2)C1. The van der Waals surface area contributed by atoms with Crippen molar-refractivity contribution in [3.8, 4) is 0 Å². The fourth-order valence-corrected chi connectivity index (χ4v) is 3.03. The van der Waals surface area contributed by atoms with Gasteiger partial charge in [-0.15, -0.1) is 0 Å². The molecule has 2 aliphatic heterocycles. The predicted octanol–water partition coefficient (Wildman–Crippen LogP) is 1.42. The predicted molar refractivity (Wildman–Crippen MR) is 83.8 cm³/mol. The number of amides is 3. The van der Waals surface area contributed by atoms with E-state index in [2.05, 4.69) is 5.32 Å². The molecule has 0 unspecified atom stereocenters. The Balaban J connectivity index is 1.80. The maximum atomic E-state index is 12.5. The van der Waals surface area contributed by atoms with E-state index in [9.17, 15) is 14.4 Å². The highest BCUT2D eigenvalue weighted by Crippen LogP contribution is 2.33. The Bertz CT molecular complexity index is 700. The molecule has 3 rings (SSSR count). The number of rotatable bonds is 3. The van der Waals surface area contributed by atoms with Gasteiger partial charge in [0.1, 0.15) is 5.41 Å². The van der Waals surface area contributed by atoms with Crippen LogP contribution in [0, 0.1) is 5.41 Å². The van der Waals surface area contributed by atoms with Gasteiger partial charge in [0.25, 0.3) is 5.91 Å². The summed E-state index contributed by atoms with van der Waals surface area (Å²) in [5, 5.41) is 12.2. The van der Waals surface area contributed by atoms with Gasteiger partial charge in [0.15, 0.2) is 0 Å². The molecule has 0 saturated carbocycles. The Morgan fingerprint density at radius 3 is 2.61 bits per heavy atom. The first kappa shape index (κ1) is 15.6. The number of likely N-dealkylation sites (tertiary alicyclic amines) is 1. The van der Waals surface area contributed by atoms with Gasteiger partial charge < -0.3 is 15.3 Å². The summed E-state index contributed by atoms with van der Waals surface area (Å²) >= 11 is 6.14. The standard InChI is InChI=1S/C15H16ClN3O4/c1-15(13(21)22)7-18(8-15)12(20)9-2-3-10(16)11(6-9)19-5-4-17-14(19)23/h2-3,6H,4-5,7-8H2,1H3,(H,17,23)(H,21,22). The molecule has 2 N–H and O–H groups in total. The average molecular weight is 338 g/mol. The Hall–Kier alpha value is -2.28. The van der Waals surface area contributed by atoms with E-state index in [0.717, 1.165) is 0 Å². The molecule has 0 radical (unpaired) electrons. The first-order valence-electron chi connectivity index (χ1n) is 7.19. The summed E-state index contributed by atoms with van der Waals surface area (Å²) in [4.78, 5) is 38.3. The van der Waals surface area contributed by atoms with Crippen molar-refractivity contribution >= 4 is 35.2 Å². The zero-order valence-electron chi connectivity index (χ0n) is 12.5. The molecule has 0 atom stereocenters. The van der Waals surface area contributed by atoms with Crippen molar-refractivity contribution in [3.63, 3.8) is 0 Å². The van der Waals surface area contributed by atoms with Gasteiger partial charge in [0.2, 0.25) is 0 Å². The van der Waals surface area contributed by atoms with Crippen LogP contribution in [0.2, 0.25) is 5.02 Å². The minimum absolute atomic E-state index is 0.170. The number of aliphatic carboxylic acids is 1. The highest BCUT2D eigenvalue weighted by Gasteiger charge is 2.47. The van der Waals surface area contributed by atoms with E-state index in [0.29, 0.717) is 29.4 Å². The van der Waals surface area contributed by atoms with Gasteiger partial charge >= 0.3 is 12.0 Å². The lowest BCUT2D eigenvalue weighted by Gasteiger charge is -2.44. The molecule has 3 amide bonds. The third-order valence-corrected chi connectivity index (χ3v) is 4.54. The molecule has 0 aromatic heterocycles. The average Bonchev–Trinajstić information content (AvgIpc) is 2.89. The second kappa shape index (κ2) is 5.42. The maximum absolute atomic E-state index is 12.5. The maximum Gasteiger partial charge on any atom is 0.322 e. The molecular weight excluding hydrogens is 322 g/mol. The zero-order valence-corrected chi connectivity index (χ0v) is 13.3. The molecule has 2 aliphatic rings. The van der Waals surface area contributed by atoms with Crippen LogP contribution in [0.3, 0.4) is 0 Å². The highest BCUT2D eigenvalue weighted by atomic mass is 35.5. The number of nitrogens with zero attached hydrogens (tertiary/aromatic N) is 2. The van der Waals surface area contributed by atoms with Crippen LogP contribution in [-0.4, -0.2) is 54.1 Å². The molecule has 0 bridgehead atoms. The first-order chi connectivity index (χ1) is 10.8. The minimum atomic E-state index is -0.910. The number of carboxylic acids is 1. The van der Waals surface area contributed by atoms with Gasteiger partial charge in [-0.3, -0.25) is 14.5 Å². The van der Waals surface area contributed by atoms with E-state index >= 15 is 0 Å². The summed E-state index contributed by atoms with van der Waals surface area (Å²) in [5.74, 6) is -1.17. The molecule has 2 fully saturated rings. The molecule has 23 heavy (non-hydrogen) atoms. The van der Waals surface area contributed by atoms with E-state index in [1.165, 1.54) is 9.80 Å². The van der Waals surface area contributed by atoms with Crippen LogP contribution in [0.15, 0.2) is 18.2 Å². The largest absolute Gasteiger partial charge is 0.481 e. The lowest BCUT2D eigenvalue weighted by molar-refractivity contribution is -0.155. The Morgan fingerprint density at radius 1 is 1.35 bits per heavy atom. The number of hydrogen-bond donors (Lipinski definition) is 2. The number of urea groups is 1. The van der Waals surface area contributed by atoms with E-state index in [-0.39, 0.29) is 25.0 Å². The number of carboxylic acid groups (broad SMARTS) is 1. The summed E-state index contributed by atoms with van der Waals surface area (Å²) in [5.41, 5.74) is -0.0229. The van der Waals surface area contributed by atoms with E-state index < -0.39 is 11.4 Å². The number of nitrogens with one attached hydrogen (secondary N) is 1. The van der Waals surface area contributed by atoms with Crippen LogP contribution in [0.1, 0.15) is 17.3 Å². The number of halogens is 1. The molecule has 0 spiro atoms. The number of carbonyl (C=O) groups excluding carboxylic acids is 2. The highest BCUT2D eigenvalue weighted by molar-refractivity contribution is 6.34. The Labute approximate surface area is 137 Å². The van der Waals surface area contributed by atoms with Crippen LogP contribution in [0.5, 0.6) is 0 Å². The second-order valence-electron chi connectivity index (χ2n) is 6.08. The van der Waals surface area contributed by atoms with Crippen LogP contribution >= 0.6 is 11.6 Å². The fraction of sp³-hybridized carbons (Fsp3) is 0.400. The minimum Gasteiger partial charge on any atom is -0.481 e. The van der Waals surface area contributed by atoms with Crippen LogP contribution in [0.25, 0.3) is 0 Å². The van der Waals surface area contributed by atoms with Crippen LogP contribution in [0.4, 0.5) is 10.5 Å². The zero-order chi connectivity index (χ0) is 16.8. The topological polar surface area (TPSA) is 89.9 Å². The van der Waals surface area contributed by atoms with Gasteiger partial charge in [0.05, 0.1) is 10.7 Å². The Kier molecular flexibility index (Phi) is 3.68. The summed E-state index contributed by atoms with van der Waals surface area (Å²) < 4.78 is 0. The molecule has 2 saturated heterocycles. The number of benzene rings is 1. The van der Waals surface area contributed by atoms with Crippen molar-refractivity contribution in [3.05, 3.63) is 28.8 Å². The van der Waals surface area contributed by atoms with Gasteiger partial charge in [-0.1, -0.05) is 11.6 Å². The summed E-state index contributed by atoms with van der Waals surface area (Å²) in [6.07, 6.45) is 0. The lowest BCUT2D eigenvalue weighted by Crippen LogP contribution is -2.60. The molecule has 0 aliphatic carbocycles. The molecule has 2 heterocycles. The van der Waals surface area contributed by atoms with Crippen molar-refractivity contribution in [2.75, 3.05) is 31.1 Å². The van der Waals surface area contributed by atoms with Gasteiger partial charge in [-0.25, -0.2) is 4.79 Å². The molecule has 122 valence electrons. The molecular formula is C15H16ClN3O4. The summed E-state index contributed by atoms with van der Waals surface area (Å²) in [7, 11) is 0. The van der Waals surface area contributed by atoms with Gasteiger partial charge in [-0.05, 0) is 25.1 Å². The van der Waals surface area contributed by atoms with Crippen molar-refractivity contribution in [2.24, 2.45) is 5.41 Å². The number of anilines is 1. The first-order valence-corrected chi connectivity index (χ1v) is 7.57. The van der Waals surface area contributed by atoms with Crippen LogP contribution < -0.4 is 10.2 Å². The third kappa shape index (κ3) is 2.61. The van der Waals surface area contributed by atoms with E-state index in [1.54, 1.807) is 25.1 Å². The van der Waals surface area contributed by atoms with E-state index in [1.807, 2.05) is 0 Å². The quantitative estimate of drug-likeness (QED) is 0.872. The fourth-order valence-electron chi connectivity index (χ4n) is 2.81. The number of carbonyl (C=O) groups is 3. The van der Waals surface area contributed by atoms with Gasteiger partial charge in [0, 0.05) is 31.7 Å². The smallest absolute Gasteiger partial charge is 0.322 e. The summed E-state index contributed by atoms with van der Waals surface area (Å²) in [6.45, 7) is 2.96. The normalized spacial score (nSPS) is 19.3. The van der Waals surface area contributed by atoms with Crippen LogP contribution in [-0.2, 0) is 4.79 Å². The van der Waals surface area contributed by atoms with Crippen molar-refractivity contribution in [1.29, 1.82) is 0 Å². The molecule has 1 aromatic rings. The molecule has 1 aromatic carbocycles. The second-order valence-corrected chi connectivity index (χ2v) is 6.48. The van der Waals surface area contributed by atoms with Gasteiger partial charge in [-0.2, -0.15) is 0 Å². The van der Waals surface area contributed by atoms with Crippen molar-refractivity contribution in [2.45, 2.75) is 6.92 Å². The third-order valence-electron chi connectivity index (χ3n) is 4.22. The Morgan fingerprint density at radius 2 is 2.04 bits per heavy atom. The number of hydrogen-bond acceptors (Lipinski definition) is 3. The van der Waals surface area contributed by atoms with E-state index in [4.69, 9.17) is 16.7 Å². The lowest BCUT2D eigenvalue weighted by atomic mass is 9.81. The summed E-state index contributed by atoms with van der Waals surface area (Å²) in [6, 6.07) is 4.48. The molecule has 8 heteroatoms.